The molecule has 0 amide bonds. The Labute approximate surface area is 98.4 Å². The lowest BCUT2D eigenvalue weighted by atomic mass is 10.1. The highest BCUT2D eigenvalue weighted by Crippen LogP contribution is 2.34. The minimum Gasteiger partial charge on any atom is -0.397 e. The average molecular weight is 248 g/mol. The molecule has 0 fully saturated rings. The molecule has 0 bridgehead atoms. The van der Waals surface area contributed by atoms with Crippen molar-refractivity contribution in [2.24, 2.45) is 0 Å². The fourth-order valence-corrected chi connectivity index (χ4v) is 1.32. The summed E-state index contributed by atoms with van der Waals surface area (Å²) in [6.07, 6.45) is 0. The molecule has 0 atom stereocenters. The summed E-state index contributed by atoms with van der Waals surface area (Å²) in [5, 5.41) is 11.7. The second-order valence-electron chi connectivity index (χ2n) is 4.22. The molecule has 0 unspecified atom stereocenters. The van der Waals surface area contributed by atoms with Crippen molar-refractivity contribution in [1.82, 2.24) is 0 Å². The van der Waals surface area contributed by atoms with E-state index in [9.17, 15) is 4.39 Å². The smallest absolute Gasteiger partial charge is 0.169 e. The first-order chi connectivity index (χ1) is 7.28. The molecule has 6 heteroatoms. The van der Waals surface area contributed by atoms with E-state index in [1.54, 1.807) is 13.8 Å². The summed E-state index contributed by atoms with van der Waals surface area (Å²) >= 11 is 5.67. The summed E-state index contributed by atoms with van der Waals surface area (Å²) in [5.41, 5.74) is 10.7. The van der Waals surface area contributed by atoms with Crippen molar-refractivity contribution < 1.29 is 9.50 Å². The number of rotatable bonds is 3. The number of anilines is 3. The maximum absolute atomic E-state index is 13.8. The largest absolute Gasteiger partial charge is 0.397 e. The number of aliphatic hydroxyl groups excluding tert-OH is 1. The quantitative estimate of drug-likeness (QED) is 0.614. The minimum atomic E-state index is -0.708. The van der Waals surface area contributed by atoms with Gasteiger partial charge in [0, 0.05) is 0 Å². The van der Waals surface area contributed by atoms with Crippen molar-refractivity contribution in [3.63, 3.8) is 0 Å². The van der Waals surface area contributed by atoms with Gasteiger partial charge in [-0.15, -0.1) is 0 Å². The third-order valence-corrected chi connectivity index (χ3v) is 2.51. The van der Waals surface area contributed by atoms with E-state index in [1.165, 1.54) is 6.07 Å². The molecule has 0 aliphatic heterocycles. The Hall–Kier alpha value is -1.20. The van der Waals surface area contributed by atoms with E-state index in [-0.39, 0.29) is 28.7 Å². The molecule has 0 spiro atoms. The molecule has 0 radical (unpaired) electrons. The Morgan fingerprint density at radius 2 is 2.00 bits per heavy atom. The number of nitrogens with two attached hydrogens (primary N) is 2. The maximum atomic E-state index is 13.8. The van der Waals surface area contributed by atoms with E-state index in [2.05, 4.69) is 5.32 Å². The Morgan fingerprint density at radius 1 is 1.44 bits per heavy atom. The third-order valence-electron chi connectivity index (χ3n) is 2.12. The van der Waals surface area contributed by atoms with Crippen LogP contribution in [0.5, 0.6) is 0 Å². The van der Waals surface area contributed by atoms with Crippen LogP contribution in [-0.4, -0.2) is 17.3 Å². The zero-order chi connectivity index (χ0) is 12.5. The highest BCUT2D eigenvalue weighted by molar-refractivity contribution is 6.33. The van der Waals surface area contributed by atoms with Gasteiger partial charge in [0.25, 0.3) is 0 Å². The lowest BCUT2D eigenvalue weighted by Gasteiger charge is -2.26. The summed E-state index contributed by atoms with van der Waals surface area (Å²) in [6.45, 7) is 3.24. The van der Waals surface area contributed by atoms with Crippen molar-refractivity contribution in [3.8, 4) is 0 Å². The average Bonchev–Trinajstić information content (AvgIpc) is 2.21. The maximum Gasteiger partial charge on any atom is 0.169 e. The first kappa shape index (κ1) is 12.9. The molecule has 0 aromatic heterocycles. The summed E-state index contributed by atoms with van der Waals surface area (Å²) in [4.78, 5) is 0. The minimum absolute atomic E-state index is 0.0539. The Kier molecular flexibility index (Phi) is 3.50. The summed E-state index contributed by atoms with van der Waals surface area (Å²) in [7, 11) is 0. The van der Waals surface area contributed by atoms with Crippen molar-refractivity contribution in [1.29, 1.82) is 0 Å². The Morgan fingerprint density at radius 3 is 2.50 bits per heavy atom. The van der Waals surface area contributed by atoms with E-state index in [0.717, 1.165) is 0 Å². The Balaban J connectivity index is 3.20. The number of benzene rings is 1. The van der Waals surface area contributed by atoms with Crippen LogP contribution in [-0.2, 0) is 0 Å². The molecule has 16 heavy (non-hydrogen) atoms. The van der Waals surface area contributed by atoms with E-state index in [4.69, 9.17) is 28.2 Å². The van der Waals surface area contributed by atoms with Crippen LogP contribution in [0.15, 0.2) is 6.07 Å². The van der Waals surface area contributed by atoms with Gasteiger partial charge in [0.2, 0.25) is 0 Å². The molecule has 0 aliphatic carbocycles. The molecule has 0 aliphatic rings. The number of hydrogen-bond acceptors (Lipinski definition) is 4. The Bertz CT molecular complexity index is 410. The number of nitrogen functional groups attached to an aromatic ring is 2. The fraction of sp³-hybridized carbons (Fsp3) is 0.400. The van der Waals surface area contributed by atoms with Gasteiger partial charge in [0.15, 0.2) is 5.82 Å². The van der Waals surface area contributed by atoms with Gasteiger partial charge >= 0.3 is 0 Å². The van der Waals surface area contributed by atoms with Gasteiger partial charge in [0.05, 0.1) is 29.2 Å². The summed E-state index contributed by atoms with van der Waals surface area (Å²) < 4.78 is 13.8. The van der Waals surface area contributed by atoms with Gasteiger partial charge in [-0.2, -0.15) is 0 Å². The summed E-state index contributed by atoms with van der Waals surface area (Å²) in [6, 6.07) is 1.38. The second kappa shape index (κ2) is 4.35. The molecule has 6 N–H and O–H groups in total. The molecule has 1 aromatic carbocycles. The topological polar surface area (TPSA) is 84.3 Å². The molecule has 1 rings (SSSR count). The van der Waals surface area contributed by atoms with Gasteiger partial charge in [-0.05, 0) is 19.9 Å². The number of nitrogens with one attached hydrogen (secondary N) is 1. The number of halogens is 2. The van der Waals surface area contributed by atoms with Crippen molar-refractivity contribution in [3.05, 3.63) is 16.9 Å². The van der Waals surface area contributed by atoms with Crippen LogP contribution in [0.4, 0.5) is 21.5 Å². The third kappa shape index (κ3) is 2.48. The zero-order valence-corrected chi connectivity index (χ0v) is 9.90. The predicted molar refractivity (Wildman–Crippen MR) is 65.0 cm³/mol. The molecule has 0 saturated carbocycles. The van der Waals surface area contributed by atoms with Gasteiger partial charge in [0.1, 0.15) is 5.02 Å². The second-order valence-corrected chi connectivity index (χ2v) is 4.60. The van der Waals surface area contributed by atoms with Crippen LogP contribution in [0.1, 0.15) is 13.8 Å². The number of aliphatic hydroxyl groups is 1. The standard InChI is InChI=1S/C10H15ClFN3O/c1-10(2,4-16)15-9-6(14)3-5(13)7(11)8(9)12/h3,15-16H,4,13-14H2,1-2H3. The lowest BCUT2D eigenvalue weighted by Crippen LogP contribution is -2.35. The van der Waals surface area contributed by atoms with Gasteiger partial charge in [-0.25, -0.2) is 4.39 Å². The first-order valence-electron chi connectivity index (χ1n) is 4.70. The zero-order valence-electron chi connectivity index (χ0n) is 9.14. The predicted octanol–water partition coefficient (Wildman–Crippen LogP) is 1.83. The van der Waals surface area contributed by atoms with E-state index >= 15 is 0 Å². The highest BCUT2D eigenvalue weighted by atomic mass is 35.5. The van der Waals surface area contributed by atoms with E-state index in [0.29, 0.717) is 0 Å². The molecule has 0 saturated heterocycles. The highest BCUT2D eigenvalue weighted by Gasteiger charge is 2.21. The molecular formula is C10H15ClFN3O. The van der Waals surface area contributed by atoms with Crippen LogP contribution in [0, 0.1) is 5.82 Å². The summed E-state index contributed by atoms with van der Waals surface area (Å²) in [5.74, 6) is -0.708. The van der Waals surface area contributed by atoms with E-state index in [1.807, 2.05) is 0 Å². The van der Waals surface area contributed by atoms with Crippen LogP contribution >= 0.6 is 11.6 Å². The molecular weight excluding hydrogens is 233 g/mol. The molecule has 90 valence electrons. The van der Waals surface area contributed by atoms with E-state index < -0.39 is 11.4 Å². The molecule has 1 aromatic rings. The van der Waals surface area contributed by atoms with Gasteiger partial charge < -0.3 is 21.9 Å². The lowest BCUT2D eigenvalue weighted by molar-refractivity contribution is 0.234. The monoisotopic (exact) mass is 247 g/mol. The number of hydrogen-bond donors (Lipinski definition) is 4. The van der Waals surface area contributed by atoms with Crippen LogP contribution in [0.3, 0.4) is 0 Å². The van der Waals surface area contributed by atoms with Gasteiger partial charge in [-0.1, -0.05) is 11.6 Å². The molecule has 4 nitrogen and oxygen atoms in total. The molecule has 0 heterocycles. The van der Waals surface area contributed by atoms with Gasteiger partial charge in [-0.3, -0.25) is 0 Å². The SMILES string of the molecule is CC(C)(CO)Nc1c(N)cc(N)c(Cl)c1F. The van der Waals surface area contributed by atoms with Crippen LogP contribution in [0.2, 0.25) is 5.02 Å². The van der Waals surface area contributed by atoms with Crippen LogP contribution in [0.25, 0.3) is 0 Å². The van der Waals surface area contributed by atoms with Crippen molar-refractivity contribution in [2.75, 3.05) is 23.4 Å². The normalized spacial score (nSPS) is 11.6. The van der Waals surface area contributed by atoms with Crippen LogP contribution < -0.4 is 16.8 Å². The first-order valence-corrected chi connectivity index (χ1v) is 5.08. The van der Waals surface area contributed by atoms with Crippen molar-refractivity contribution >= 4 is 28.7 Å². The fourth-order valence-electron chi connectivity index (χ4n) is 1.17. The van der Waals surface area contributed by atoms with Crippen molar-refractivity contribution in [2.45, 2.75) is 19.4 Å².